The van der Waals surface area contributed by atoms with E-state index < -0.39 is 0 Å². The van der Waals surface area contributed by atoms with Gasteiger partial charge in [-0.05, 0) is 48.4 Å². The van der Waals surface area contributed by atoms with E-state index in [-0.39, 0.29) is 0 Å². The summed E-state index contributed by atoms with van der Waals surface area (Å²) in [6.07, 6.45) is 6.98. The van der Waals surface area contributed by atoms with E-state index in [0.29, 0.717) is 12.6 Å². The maximum absolute atomic E-state index is 5.93. The van der Waals surface area contributed by atoms with E-state index >= 15 is 0 Å². The van der Waals surface area contributed by atoms with Gasteiger partial charge in [-0.1, -0.05) is 24.3 Å². The van der Waals surface area contributed by atoms with Crippen LogP contribution in [0.2, 0.25) is 0 Å². The van der Waals surface area contributed by atoms with E-state index in [1.165, 1.54) is 11.3 Å². The van der Waals surface area contributed by atoms with Crippen molar-refractivity contribution in [2.24, 2.45) is 0 Å². The van der Waals surface area contributed by atoms with Gasteiger partial charge in [-0.15, -0.1) is 0 Å². The maximum atomic E-state index is 5.93. The number of hydrogen-bond acceptors (Lipinski definition) is 7. The van der Waals surface area contributed by atoms with Crippen LogP contribution in [0, 0.1) is 0 Å². The van der Waals surface area contributed by atoms with Gasteiger partial charge in [0.05, 0.1) is 25.5 Å². The van der Waals surface area contributed by atoms with Crippen LogP contribution < -0.4 is 20.3 Å². The number of morpholine rings is 1. The summed E-state index contributed by atoms with van der Waals surface area (Å²) in [6.45, 7) is 5.56. The monoisotopic (exact) mass is 443 g/mol. The molecule has 1 aromatic heterocycles. The first kappa shape index (κ1) is 21.4. The van der Waals surface area contributed by atoms with Crippen LogP contribution in [0.15, 0.2) is 66.9 Å². The maximum Gasteiger partial charge on any atom is 0.227 e. The van der Waals surface area contributed by atoms with Gasteiger partial charge in [0.25, 0.3) is 0 Å². The molecule has 170 valence electrons. The average Bonchev–Trinajstić information content (AvgIpc) is 2.86. The Bertz CT molecular complexity index is 1110. The number of anilines is 3. The van der Waals surface area contributed by atoms with E-state index in [0.717, 1.165) is 68.5 Å². The first-order chi connectivity index (χ1) is 16.3. The third-order valence-electron chi connectivity index (χ3n) is 5.77. The zero-order valence-corrected chi connectivity index (χ0v) is 18.7. The summed E-state index contributed by atoms with van der Waals surface area (Å²) in [5.74, 6) is 1.41. The zero-order chi connectivity index (χ0) is 22.3. The van der Waals surface area contributed by atoms with Gasteiger partial charge in [0.15, 0.2) is 0 Å². The summed E-state index contributed by atoms with van der Waals surface area (Å²) >= 11 is 0. The second-order valence-electron chi connectivity index (χ2n) is 8.10. The van der Waals surface area contributed by atoms with Crippen molar-refractivity contribution in [3.05, 3.63) is 72.4 Å². The van der Waals surface area contributed by atoms with E-state index in [9.17, 15) is 0 Å². The van der Waals surface area contributed by atoms with Crippen molar-refractivity contribution >= 4 is 17.3 Å². The average molecular weight is 444 g/mol. The molecule has 2 aromatic carbocycles. The van der Waals surface area contributed by atoms with Crippen molar-refractivity contribution in [1.82, 2.24) is 15.3 Å². The number of nitrogens with one attached hydrogen (secondary N) is 2. The Morgan fingerprint density at radius 3 is 2.82 bits per heavy atom. The molecule has 0 amide bonds. The fourth-order valence-corrected chi connectivity index (χ4v) is 4.11. The Labute approximate surface area is 194 Å². The lowest BCUT2D eigenvalue weighted by Gasteiger charge is -2.31. The highest BCUT2D eigenvalue weighted by atomic mass is 16.5. The molecule has 6 bridgehead atoms. The fraction of sp³-hybridized carbons (Fsp3) is 0.308. The highest BCUT2D eigenvalue weighted by Crippen LogP contribution is 2.28. The third-order valence-corrected chi connectivity index (χ3v) is 5.77. The Morgan fingerprint density at radius 2 is 1.88 bits per heavy atom. The van der Waals surface area contributed by atoms with Crippen molar-refractivity contribution in [3.63, 3.8) is 0 Å². The smallest absolute Gasteiger partial charge is 0.227 e. The van der Waals surface area contributed by atoms with Gasteiger partial charge in [0.1, 0.15) is 5.75 Å². The van der Waals surface area contributed by atoms with Gasteiger partial charge < -0.3 is 25.0 Å². The molecule has 3 aromatic rings. The first-order valence-electron chi connectivity index (χ1n) is 11.5. The van der Waals surface area contributed by atoms with Gasteiger partial charge in [-0.2, -0.15) is 0 Å². The van der Waals surface area contributed by atoms with Crippen LogP contribution in [0.5, 0.6) is 5.75 Å². The summed E-state index contributed by atoms with van der Waals surface area (Å²) in [7, 11) is 0. The predicted molar refractivity (Wildman–Crippen MR) is 131 cm³/mol. The highest BCUT2D eigenvalue weighted by Gasteiger charge is 2.15. The van der Waals surface area contributed by atoms with Crippen molar-refractivity contribution in [2.75, 3.05) is 49.7 Å². The first-order valence-corrected chi connectivity index (χ1v) is 11.5. The topological polar surface area (TPSA) is 71.5 Å². The number of ether oxygens (including phenoxy) is 2. The zero-order valence-electron chi connectivity index (χ0n) is 18.7. The Balaban J connectivity index is 1.47. The highest BCUT2D eigenvalue weighted by molar-refractivity contribution is 5.66. The summed E-state index contributed by atoms with van der Waals surface area (Å²) in [5.41, 5.74) is 5.31. The van der Waals surface area contributed by atoms with Crippen LogP contribution in [-0.4, -0.2) is 49.4 Å². The molecule has 0 spiro atoms. The molecule has 2 aliphatic rings. The van der Waals surface area contributed by atoms with Crippen LogP contribution in [0.3, 0.4) is 0 Å². The van der Waals surface area contributed by atoms with Gasteiger partial charge in [-0.3, -0.25) is 0 Å². The standard InChI is InChI=1S/C26H29N5O2/c1-2-10-27-19-21-17-22(7-8-25(21)31-12-15-32-16-13-31)29-26-28-11-9-24(30-26)20-5-4-6-23(18-20)33-14-3-1/h1-2,4-9,11,17-18,27H,3,10,12-16,19H2,(H,28,29,30)/b2-1-. The predicted octanol–water partition coefficient (Wildman–Crippen LogP) is 4.15. The second kappa shape index (κ2) is 10.5. The van der Waals surface area contributed by atoms with E-state index in [1.54, 1.807) is 6.20 Å². The summed E-state index contributed by atoms with van der Waals surface area (Å²) in [5, 5.41) is 6.93. The summed E-state index contributed by atoms with van der Waals surface area (Å²) in [4.78, 5) is 11.6. The molecule has 7 heteroatoms. The molecule has 0 atom stereocenters. The van der Waals surface area contributed by atoms with Crippen LogP contribution in [0.4, 0.5) is 17.3 Å². The van der Waals surface area contributed by atoms with Crippen LogP contribution in [0.1, 0.15) is 12.0 Å². The molecule has 1 fully saturated rings. The quantitative estimate of drug-likeness (QED) is 0.548. The minimum atomic E-state index is 0.570. The van der Waals surface area contributed by atoms with E-state index in [1.807, 2.05) is 30.3 Å². The lowest BCUT2D eigenvalue weighted by Crippen LogP contribution is -2.37. The Kier molecular flexibility index (Phi) is 6.79. The molecular formula is C26H29N5O2. The lowest BCUT2D eigenvalue weighted by atomic mass is 10.1. The molecule has 5 rings (SSSR count). The minimum Gasteiger partial charge on any atom is -0.493 e. The number of hydrogen-bond donors (Lipinski definition) is 2. The molecule has 0 saturated carbocycles. The minimum absolute atomic E-state index is 0.570. The molecule has 0 unspecified atom stereocenters. The Morgan fingerprint density at radius 1 is 0.939 bits per heavy atom. The number of benzene rings is 2. The van der Waals surface area contributed by atoms with E-state index in [4.69, 9.17) is 14.5 Å². The molecule has 2 N–H and O–H groups in total. The van der Waals surface area contributed by atoms with Gasteiger partial charge in [-0.25, -0.2) is 9.97 Å². The second-order valence-corrected chi connectivity index (χ2v) is 8.10. The van der Waals surface area contributed by atoms with Crippen LogP contribution in [-0.2, 0) is 11.3 Å². The number of fused-ring (bicyclic) bond motifs is 7. The largest absolute Gasteiger partial charge is 0.493 e. The van der Waals surface area contributed by atoms with Crippen molar-refractivity contribution in [1.29, 1.82) is 0 Å². The number of nitrogens with zero attached hydrogens (tertiary/aromatic N) is 3. The molecule has 33 heavy (non-hydrogen) atoms. The molecule has 0 radical (unpaired) electrons. The summed E-state index contributed by atoms with van der Waals surface area (Å²) < 4.78 is 11.5. The number of aromatic nitrogens is 2. The van der Waals surface area contributed by atoms with E-state index in [2.05, 4.69) is 50.9 Å². The van der Waals surface area contributed by atoms with Crippen molar-refractivity contribution in [3.8, 4) is 17.0 Å². The van der Waals surface area contributed by atoms with Gasteiger partial charge in [0.2, 0.25) is 5.95 Å². The van der Waals surface area contributed by atoms with Crippen molar-refractivity contribution < 1.29 is 9.47 Å². The van der Waals surface area contributed by atoms with Crippen LogP contribution >= 0.6 is 0 Å². The molecule has 3 heterocycles. The van der Waals surface area contributed by atoms with Gasteiger partial charge >= 0.3 is 0 Å². The third kappa shape index (κ3) is 5.50. The molecule has 7 nitrogen and oxygen atoms in total. The normalized spacial score (nSPS) is 17.8. The lowest BCUT2D eigenvalue weighted by molar-refractivity contribution is 0.122. The fourth-order valence-electron chi connectivity index (χ4n) is 4.11. The van der Waals surface area contributed by atoms with Gasteiger partial charge in [0, 0.05) is 49.3 Å². The van der Waals surface area contributed by atoms with Crippen molar-refractivity contribution in [2.45, 2.75) is 13.0 Å². The molecule has 2 aliphatic heterocycles. The van der Waals surface area contributed by atoms with Crippen LogP contribution in [0.25, 0.3) is 11.3 Å². The molecule has 0 aliphatic carbocycles. The SMILES string of the molecule is C1=C\CNCc2cc(ccc2N2CCOCC2)Nc2nccc(n2)-c2cccc(c2)OCC/1. The molecule has 1 saturated heterocycles. The number of rotatable bonds is 1. The summed E-state index contributed by atoms with van der Waals surface area (Å²) in [6, 6.07) is 16.4. The molecular weight excluding hydrogens is 414 g/mol. The Hall–Kier alpha value is -3.42.